The smallest absolute Gasteiger partial charge is 0.387 e. The molecule has 0 saturated carbocycles. The summed E-state index contributed by atoms with van der Waals surface area (Å²) < 4.78 is 29.4. The number of nitrogens with zero attached hydrogens (tertiary/aromatic N) is 2. The summed E-state index contributed by atoms with van der Waals surface area (Å²) in [6.07, 6.45) is 0. The summed E-state index contributed by atoms with van der Waals surface area (Å²) in [4.78, 5) is 12.1. The highest BCUT2D eigenvalue weighted by atomic mass is 35.5. The van der Waals surface area contributed by atoms with E-state index in [1.54, 1.807) is 0 Å². The molecule has 3 aromatic rings. The van der Waals surface area contributed by atoms with Crippen LogP contribution in [0, 0.1) is 0 Å². The topological polar surface area (TPSA) is 76.1 Å². The van der Waals surface area contributed by atoms with E-state index in [9.17, 15) is 13.6 Å². The number of nitrogens with one attached hydrogen (secondary N) is 2. The second kappa shape index (κ2) is 10.4. The molecule has 3 rings (SSSR count). The summed E-state index contributed by atoms with van der Waals surface area (Å²) in [6, 6.07) is 13.9. The van der Waals surface area contributed by atoms with Gasteiger partial charge in [0.25, 0.3) is 0 Å². The molecule has 152 valence electrons. The van der Waals surface area contributed by atoms with Crippen molar-refractivity contribution in [2.24, 2.45) is 0 Å². The average molecular weight is 457 g/mol. The van der Waals surface area contributed by atoms with Gasteiger partial charge in [0.05, 0.1) is 10.8 Å². The number of alkyl halides is 2. The maximum absolute atomic E-state index is 12.2. The van der Waals surface area contributed by atoms with Crippen molar-refractivity contribution in [3.63, 3.8) is 0 Å². The van der Waals surface area contributed by atoms with Gasteiger partial charge in [-0.3, -0.25) is 4.79 Å². The summed E-state index contributed by atoms with van der Waals surface area (Å²) in [6.45, 7) is -2.34. The monoisotopic (exact) mass is 456 g/mol. The first-order valence-electron chi connectivity index (χ1n) is 8.28. The van der Waals surface area contributed by atoms with Crippen LogP contribution in [0.5, 0.6) is 5.75 Å². The number of anilines is 2. The van der Waals surface area contributed by atoms with Crippen LogP contribution in [0.15, 0.2) is 52.9 Å². The van der Waals surface area contributed by atoms with Crippen LogP contribution in [0.4, 0.5) is 19.6 Å². The zero-order valence-corrected chi connectivity index (χ0v) is 17.2. The Morgan fingerprint density at radius 1 is 1.21 bits per heavy atom. The number of ether oxygens (including phenoxy) is 1. The third-order valence-electron chi connectivity index (χ3n) is 3.45. The van der Waals surface area contributed by atoms with E-state index >= 15 is 0 Å². The van der Waals surface area contributed by atoms with Crippen LogP contribution in [-0.2, 0) is 11.3 Å². The van der Waals surface area contributed by atoms with Crippen molar-refractivity contribution < 1.29 is 18.3 Å². The molecule has 29 heavy (non-hydrogen) atoms. The molecule has 6 nitrogen and oxygen atoms in total. The van der Waals surface area contributed by atoms with E-state index in [4.69, 9.17) is 11.6 Å². The summed E-state index contributed by atoms with van der Waals surface area (Å²) in [5, 5.41) is 14.6. The molecular formula is C18H15ClF2N4O2S2. The number of aromatic nitrogens is 2. The van der Waals surface area contributed by atoms with Crippen LogP contribution in [0.2, 0.25) is 5.02 Å². The van der Waals surface area contributed by atoms with E-state index < -0.39 is 6.61 Å². The molecule has 0 aliphatic heterocycles. The van der Waals surface area contributed by atoms with Crippen molar-refractivity contribution >= 4 is 51.4 Å². The zero-order valence-electron chi connectivity index (χ0n) is 14.8. The van der Waals surface area contributed by atoms with Crippen molar-refractivity contribution in [1.29, 1.82) is 0 Å². The zero-order chi connectivity index (χ0) is 20.6. The van der Waals surface area contributed by atoms with Crippen molar-refractivity contribution in [3.05, 3.63) is 59.1 Å². The Balaban J connectivity index is 1.46. The van der Waals surface area contributed by atoms with Gasteiger partial charge in [-0.1, -0.05) is 65.0 Å². The molecule has 1 amide bonds. The van der Waals surface area contributed by atoms with Crippen LogP contribution in [0.25, 0.3) is 0 Å². The number of amides is 1. The highest BCUT2D eigenvalue weighted by molar-refractivity contribution is 8.01. The maximum Gasteiger partial charge on any atom is 0.387 e. The van der Waals surface area contributed by atoms with Gasteiger partial charge in [-0.2, -0.15) is 8.78 Å². The van der Waals surface area contributed by atoms with Gasteiger partial charge in [0.2, 0.25) is 11.0 Å². The predicted octanol–water partition coefficient (Wildman–Crippen LogP) is 5.14. The number of rotatable bonds is 9. The van der Waals surface area contributed by atoms with Crippen LogP contribution < -0.4 is 15.4 Å². The Hall–Kier alpha value is -2.43. The van der Waals surface area contributed by atoms with Crippen molar-refractivity contribution in [2.75, 3.05) is 16.4 Å². The average Bonchev–Trinajstić information content (AvgIpc) is 3.15. The van der Waals surface area contributed by atoms with E-state index in [-0.39, 0.29) is 22.4 Å². The molecular weight excluding hydrogens is 442 g/mol. The first-order chi connectivity index (χ1) is 14.0. The quantitative estimate of drug-likeness (QED) is 0.434. The number of hydrogen-bond donors (Lipinski definition) is 2. The molecule has 0 unspecified atom stereocenters. The number of benzene rings is 2. The molecule has 0 spiro atoms. The summed E-state index contributed by atoms with van der Waals surface area (Å²) >= 11 is 8.46. The predicted molar refractivity (Wildman–Crippen MR) is 111 cm³/mol. The van der Waals surface area contributed by atoms with Gasteiger partial charge >= 0.3 is 6.61 Å². The lowest BCUT2D eigenvalue weighted by molar-refractivity contribution is -0.113. The molecule has 0 radical (unpaired) electrons. The van der Waals surface area contributed by atoms with Gasteiger partial charge in [0, 0.05) is 12.2 Å². The molecule has 2 N–H and O–H groups in total. The van der Waals surface area contributed by atoms with Crippen molar-refractivity contribution in [2.45, 2.75) is 17.5 Å². The van der Waals surface area contributed by atoms with E-state index in [2.05, 4.69) is 25.6 Å². The Morgan fingerprint density at radius 2 is 2.00 bits per heavy atom. The van der Waals surface area contributed by atoms with Gasteiger partial charge in [0.1, 0.15) is 5.75 Å². The first kappa shape index (κ1) is 21.3. The fourth-order valence-electron chi connectivity index (χ4n) is 2.21. The number of carbonyl (C=O) groups excluding carboxylic acids is 1. The second-order valence-corrected chi connectivity index (χ2v) is 8.18. The van der Waals surface area contributed by atoms with Gasteiger partial charge in [-0.15, -0.1) is 10.2 Å². The fraction of sp³-hybridized carbons (Fsp3) is 0.167. The number of halogens is 3. The molecule has 0 aliphatic carbocycles. The van der Waals surface area contributed by atoms with E-state index in [0.29, 0.717) is 21.7 Å². The molecule has 0 atom stereocenters. The number of hydrogen-bond acceptors (Lipinski definition) is 7. The van der Waals surface area contributed by atoms with Crippen LogP contribution >= 0.6 is 34.7 Å². The second-order valence-electron chi connectivity index (χ2n) is 5.57. The number of carbonyl (C=O) groups is 1. The largest absolute Gasteiger partial charge is 0.433 e. The molecule has 0 saturated heterocycles. The summed E-state index contributed by atoms with van der Waals surface area (Å²) in [5.74, 6) is -0.332. The third kappa shape index (κ3) is 6.84. The van der Waals surface area contributed by atoms with Crippen LogP contribution in [0.3, 0.4) is 0 Å². The van der Waals surface area contributed by atoms with Crippen molar-refractivity contribution in [3.8, 4) is 5.75 Å². The fourth-order valence-corrected chi connectivity index (χ4v) is 3.98. The Labute approximate surface area is 178 Å². The standard InChI is InChI=1S/C18H15ClF2N4O2S2/c19-13-8-12(6-7-14(13)27-16(20)21)23-15(26)10-28-18-25-24-17(29-18)22-9-11-4-2-1-3-5-11/h1-8,16H,9-10H2,(H,22,24)(H,23,26). The minimum absolute atomic E-state index is 0.0194. The van der Waals surface area contributed by atoms with Gasteiger partial charge in [-0.05, 0) is 23.8 Å². The minimum Gasteiger partial charge on any atom is -0.433 e. The minimum atomic E-state index is -2.97. The van der Waals surface area contributed by atoms with Crippen LogP contribution in [0.1, 0.15) is 5.56 Å². The SMILES string of the molecule is O=C(CSc1nnc(NCc2ccccc2)s1)Nc1ccc(OC(F)F)c(Cl)c1. The van der Waals surface area contributed by atoms with Crippen molar-refractivity contribution in [1.82, 2.24) is 10.2 Å². The maximum atomic E-state index is 12.2. The van der Waals surface area contributed by atoms with Gasteiger partial charge in [-0.25, -0.2) is 0 Å². The van der Waals surface area contributed by atoms with Crippen LogP contribution in [-0.4, -0.2) is 28.5 Å². The summed E-state index contributed by atoms with van der Waals surface area (Å²) in [5.41, 5.74) is 1.50. The van der Waals surface area contributed by atoms with E-state index in [1.807, 2.05) is 30.3 Å². The Kier molecular flexibility index (Phi) is 7.62. The molecule has 1 aromatic heterocycles. The van der Waals surface area contributed by atoms with Gasteiger partial charge < -0.3 is 15.4 Å². The Bertz CT molecular complexity index is 960. The molecule has 11 heteroatoms. The highest BCUT2D eigenvalue weighted by Gasteiger charge is 2.12. The van der Waals surface area contributed by atoms with E-state index in [0.717, 1.165) is 5.56 Å². The Morgan fingerprint density at radius 3 is 2.72 bits per heavy atom. The lowest BCUT2D eigenvalue weighted by atomic mass is 10.2. The molecule has 0 aliphatic rings. The normalized spacial score (nSPS) is 10.8. The lowest BCUT2D eigenvalue weighted by Crippen LogP contribution is -2.14. The summed E-state index contributed by atoms with van der Waals surface area (Å²) in [7, 11) is 0. The molecule has 0 bridgehead atoms. The third-order valence-corrected chi connectivity index (χ3v) is 5.76. The van der Waals surface area contributed by atoms with Gasteiger partial charge in [0.15, 0.2) is 4.34 Å². The molecule has 1 heterocycles. The highest BCUT2D eigenvalue weighted by Crippen LogP contribution is 2.29. The molecule has 0 fully saturated rings. The molecule has 2 aromatic carbocycles. The van der Waals surface area contributed by atoms with E-state index in [1.165, 1.54) is 41.3 Å². The lowest BCUT2D eigenvalue weighted by Gasteiger charge is -2.09. The number of thioether (sulfide) groups is 1. The first-order valence-corrected chi connectivity index (χ1v) is 10.5.